The molecule has 0 unspecified atom stereocenters. The highest BCUT2D eigenvalue weighted by atomic mass is 35.5. The fraction of sp³-hybridized carbons (Fsp3) is 0.167. The topological polar surface area (TPSA) is 42.1 Å². The van der Waals surface area contributed by atoms with Gasteiger partial charge in [0.2, 0.25) is 0 Å². The number of methoxy groups -OCH3 is 1. The van der Waals surface area contributed by atoms with Crippen LogP contribution in [0.2, 0.25) is 5.02 Å². The summed E-state index contributed by atoms with van der Waals surface area (Å²) in [5.74, 6) is 0.394. The van der Waals surface area contributed by atoms with Gasteiger partial charge in [-0.3, -0.25) is 4.79 Å². The third-order valence-corrected chi connectivity index (χ3v) is 1.44. The van der Waals surface area contributed by atoms with E-state index in [4.69, 9.17) is 16.3 Å². The van der Waals surface area contributed by atoms with Crippen LogP contribution in [0.25, 0.3) is 0 Å². The van der Waals surface area contributed by atoms with Crippen LogP contribution in [-0.2, 0) is 0 Å². The minimum Gasteiger partial charge on any atom is -0.495 e. The zero-order valence-electron chi connectivity index (χ0n) is 5.35. The SMILES string of the molecule is COc1cc[nH]c(=O)c1Cl. The first-order chi connectivity index (χ1) is 4.75. The summed E-state index contributed by atoms with van der Waals surface area (Å²) in [5.41, 5.74) is -0.332. The molecule has 1 aromatic heterocycles. The van der Waals surface area contributed by atoms with Gasteiger partial charge in [-0.15, -0.1) is 0 Å². The van der Waals surface area contributed by atoms with Crippen LogP contribution in [0.4, 0.5) is 0 Å². The van der Waals surface area contributed by atoms with Gasteiger partial charge in [-0.2, -0.15) is 0 Å². The van der Waals surface area contributed by atoms with Gasteiger partial charge in [0.05, 0.1) is 7.11 Å². The summed E-state index contributed by atoms with van der Waals surface area (Å²) in [7, 11) is 1.46. The van der Waals surface area contributed by atoms with Crippen molar-refractivity contribution in [1.82, 2.24) is 4.98 Å². The van der Waals surface area contributed by atoms with Crippen LogP contribution >= 0.6 is 11.6 Å². The molecule has 0 atom stereocenters. The molecule has 10 heavy (non-hydrogen) atoms. The van der Waals surface area contributed by atoms with Gasteiger partial charge in [-0.1, -0.05) is 11.6 Å². The zero-order valence-corrected chi connectivity index (χ0v) is 6.11. The smallest absolute Gasteiger partial charge is 0.270 e. The number of hydrogen-bond acceptors (Lipinski definition) is 2. The largest absolute Gasteiger partial charge is 0.495 e. The van der Waals surface area contributed by atoms with E-state index in [9.17, 15) is 4.79 Å². The monoisotopic (exact) mass is 159 g/mol. The Hall–Kier alpha value is -0.960. The Bertz CT molecular complexity index is 281. The third kappa shape index (κ3) is 1.14. The number of nitrogens with one attached hydrogen (secondary N) is 1. The number of aromatic amines is 1. The van der Waals surface area contributed by atoms with Crippen LogP contribution in [0, 0.1) is 0 Å². The molecule has 3 nitrogen and oxygen atoms in total. The first-order valence-electron chi connectivity index (χ1n) is 2.67. The number of aromatic nitrogens is 1. The lowest BCUT2D eigenvalue weighted by Crippen LogP contribution is -2.05. The van der Waals surface area contributed by atoms with Crippen LogP contribution in [0.5, 0.6) is 5.75 Å². The molecule has 4 heteroatoms. The highest BCUT2D eigenvalue weighted by molar-refractivity contribution is 6.31. The predicted octanol–water partition coefficient (Wildman–Crippen LogP) is 1.04. The number of hydrogen-bond donors (Lipinski definition) is 1. The molecule has 0 fully saturated rings. The number of ether oxygens (including phenoxy) is 1. The van der Waals surface area contributed by atoms with Crippen molar-refractivity contribution in [3.8, 4) is 5.75 Å². The first-order valence-corrected chi connectivity index (χ1v) is 3.04. The van der Waals surface area contributed by atoms with Crippen molar-refractivity contribution in [3.63, 3.8) is 0 Å². The molecule has 0 bridgehead atoms. The molecule has 1 heterocycles. The molecule has 0 aliphatic heterocycles. The van der Waals surface area contributed by atoms with Crippen molar-refractivity contribution < 1.29 is 4.74 Å². The summed E-state index contributed by atoms with van der Waals surface area (Å²) < 4.78 is 4.77. The van der Waals surface area contributed by atoms with E-state index in [0.29, 0.717) is 5.75 Å². The maximum Gasteiger partial charge on any atom is 0.270 e. The molecule has 0 aliphatic carbocycles. The maximum atomic E-state index is 10.7. The Kier molecular flexibility index (Phi) is 1.97. The quantitative estimate of drug-likeness (QED) is 0.665. The minimum absolute atomic E-state index is 0.0880. The van der Waals surface area contributed by atoms with Crippen LogP contribution in [0.1, 0.15) is 0 Å². The lowest BCUT2D eigenvalue weighted by molar-refractivity contribution is 0.414. The molecule has 0 saturated carbocycles. The number of H-pyrrole nitrogens is 1. The van der Waals surface area contributed by atoms with Crippen molar-refractivity contribution in [2.75, 3.05) is 7.11 Å². The fourth-order valence-electron chi connectivity index (χ4n) is 0.599. The average Bonchev–Trinajstić information content (AvgIpc) is 1.95. The third-order valence-electron chi connectivity index (χ3n) is 1.08. The number of pyridine rings is 1. The van der Waals surface area contributed by atoms with Gasteiger partial charge in [0.15, 0.2) is 0 Å². The molecule has 0 aromatic carbocycles. The summed E-state index contributed by atoms with van der Waals surface area (Å²) in [6, 6.07) is 1.59. The van der Waals surface area contributed by atoms with Gasteiger partial charge in [-0.25, -0.2) is 0 Å². The molecule has 0 aliphatic rings. The predicted molar refractivity (Wildman–Crippen MR) is 38.6 cm³/mol. The van der Waals surface area contributed by atoms with Gasteiger partial charge in [0, 0.05) is 6.20 Å². The molecular weight excluding hydrogens is 154 g/mol. The van der Waals surface area contributed by atoms with Gasteiger partial charge in [0.1, 0.15) is 10.8 Å². The van der Waals surface area contributed by atoms with E-state index in [1.165, 1.54) is 13.3 Å². The number of rotatable bonds is 1. The molecule has 1 aromatic rings. The second kappa shape index (κ2) is 2.75. The Balaban J connectivity index is 3.28. The lowest BCUT2D eigenvalue weighted by Gasteiger charge is -1.98. The standard InChI is InChI=1S/C6H6ClNO2/c1-10-4-2-3-8-6(9)5(4)7/h2-3H,1H3,(H,8,9). The molecule has 1 rings (SSSR count). The van der Waals surface area contributed by atoms with Crippen molar-refractivity contribution in [1.29, 1.82) is 0 Å². The van der Waals surface area contributed by atoms with E-state index in [1.54, 1.807) is 6.07 Å². The van der Waals surface area contributed by atoms with Crippen molar-refractivity contribution in [3.05, 3.63) is 27.6 Å². The first kappa shape index (κ1) is 7.15. The van der Waals surface area contributed by atoms with Crippen molar-refractivity contribution in [2.45, 2.75) is 0 Å². The van der Waals surface area contributed by atoms with Crippen molar-refractivity contribution >= 4 is 11.6 Å². The van der Waals surface area contributed by atoms with Crippen LogP contribution in [0.3, 0.4) is 0 Å². The Morgan fingerprint density at radius 2 is 2.40 bits per heavy atom. The van der Waals surface area contributed by atoms with Gasteiger partial charge in [-0.05, 0) is 6.07 Å². The van der Waals surface area contributed by atoms with E-state index in [2.05, 4.69) is 4.98 Å². The highest BCUT2D eigenvalue weighted by Crippen LogP contribution is 2.16. The summed E-state index contributed by atoms with van der Waals surface area (Å²) >= 11 is 5.52. The number of halogens is 1. The molecule has 0 radical (unpaired) electrons. The second-order valence-electron chi connectivity index (χ2n) is 1.69. The maximum absolute atomic E-state index is 10.7. The Morgan fingerprint density at radius 1 is 1.70 bits per heavy atom. The summed E-state index contributed by atoms with van der Waals surface area (Å²) in [6.45, 7) is 0. The van der Waals surface area contributed by atoms with Crippen LogP contribution < -0.4 is 10.3 Å². The van der Waals surface area contributed by atoms with Gasteiger partial charge in [0.25, 0.3) is 5.56 Å². The van der Waals surface area contributed by atoms with E-state index in [0.717, 1.165) is 0 Å². The normalized spacial score (nSPS) is 9.40. The van der Waals surface area contributed by atoms with E-state index >= 15 is 0 Å². The molecule has 0 saturated heterocycles. The van der Waals surface area contributed by atoms with Gasteiger partial charge < -0.3 is 9.72 Å². The second-order valence-corrected chi connectivity index (χ2v) is 2.07. The van der Waals surface area contributed by atoms with E-state index in [-0.39, 0.29) is 10.6 Å². The lowest BCUT2D eigenvalue weighted by atomic mass is 10.4. The summed E-state index contributed by atoms with van der Waals surface area (Å²) in [5, 5.41) is 0.0880. The minimum atomic E-state index is -0.332. The average molecular weight is 160 g/mol. The fourth-order valence-corrected chi connectivity index (χ4v) is 0.794. The van der Waals surface area contributed by atoms with Crippen LogP contribution in [-0.4, -0.2) is 12.1 Å². The molecular formula is C6H6ClNO2. The Morgan fingerprint density at radius 3 is 2.90 bits per heavy atom. The zero-order chi connectivity index (χ0) is 7.56. The van der Waals surface area contributed by atoms with Gasteiger partial charge >= 0.3 is 0 Å². The van der Waals surface area contributed by atoms with E-state index in [1.807, 2.05) is 0 Å². The van der Waals surface area contributed by atoms with Crippen molar-refractivity contribution in [2.24, 2.45) is 0 Å². The summed E-state index contributed by atoms with van der Waals surface area (Å²) in [6.07, 6.45) is 1.48. The molecule has 0 amide bonds. The molecule has 54 valence electrons. The van der Waals surface area contributed by atoms with E-state index < -0.39 is 0 Å². The highest BCUT2D eigenvalue weighted by Gasteiger charge is 2.01. The molecule has 0 spiro atoms. The summed E-state index contributed by atoms with van der Waals surface area (Å²) in [4.78, 5) is 13.1. The Labute approximate surface area is 62.6 Å². The molecule has 1 N–H and O–H groups in total. The van der Waals surface area contributed by atoms with Crippen LogP contribution in [0.15, 0.2) is 17.1 Å².